The van der Waals surface area contributed by atoms with E-state index in [1.165, 1.54) is 11.1 Å². The van der Waals surface area contributed by atoms with E-state index >= 15 is 0 Å². The Morgan fingerprint density at radius 3 is 2.25 bits per heavy atom. The molecule has 1 aromatic heterocycles. The van der Waals surface area contributed by atoms with Gasteiger partial charge in [-0.2, -0.15) is 0 Å². The van der Waals surface area contributed by atoms with Crippen molar-refractivity contribution >= 4 is 33.9 Å². The number of halogens is 1. The smallest absolute Gasteiger partial charge is 0.129 e. The quantitative estimate of drug-likeness (QED) is 0.588. The van der Waals surface area contributed by atoms with E-state index < -0.39 is 0 Å². The van der Waals surface area contributed by atoms with Gasteiger partial charge in [-0.15, -0.1) is 0 Å². The summed E-state index contributed by atoms with van der Waals surface area (Å²) in [6.07, 6.45) is 0. The largest absolute Gasteiger partial charge is 0.355 e. The number of rotatable bonds is 2. The van der Waals surface area contributed by atoms with E-state index in [9.17, 15) is 0 Å². The molecule has 2 aromatic carbocycles. The third kappa shape index (κ3) is 4.03. The lowest BCUT2D eigenvalue weighted by atomic mass is 10.1. The van der Waals surface area contributed by atoms with E-state index in [0.29, 0.717) is 5.15 Å². The van der Waals surface area contributed by atoms with Gasteiger partial charge in [0.15, 0.2) is 0 Å². The second-order valence-electron chi connectivity index (χ2n) is 5.74. The third-order valence-electron chi connectivity index (χ3n) is 3.89. The van der Waals surface area contributed by atoms with Crippen molar-refractivity contribution in [3.63, 3.8) is 0 Å². The highest BCUT2D eigenvalue weighted by molar-refractivity contribution is 6.29. The fourth-order valence-electron chi connectivity index (χ4n) is 2.43. The van der Waals surface area contributed by atoms with E-state index in [4.69, 9.17) is 11.6 Å². The molecule has 0 aliphatic rings. The molecule has 0 unspecified atom stereocenters. The highest BCUT2D eigenvalue weighted by Crippen LogP contribution is 2.22. The van der Waals surface area contributed by atoms with Gasteiger partial charge in [-0.1, -0.05) is 48.0 Å². The average molecular weight is 335 g/mol. The Kier molecular flexibility index (Phi) is 4.97. The van der Waals surface area contributed by atoms with Crippen LogP contribution in [-0.2, 0) is 0 Å². The van der Waals surface area contributed by atoms with Crippen molar-refractivity contribution in [2.24, 2.45) is 0 Å². The SMILES string of the molecule is Cc1ccc(Nc2ccc3nc(Cl)ccccccc3c2)cc1C. The van der Waals surface area contributed by atoms with Gasteiger partial charge in [-0.3, -0.25) is 0 Å². The minimum absolute atomic E-state index is 0.464. The fraction of sp³-hybridized carbons (Fsp3) is 0.0952. The molecule has 3 rings (SSSR count). The molecule has 120 valence electrons. The second-order valence-corrected chi connectivity index (χ2v) is 6.12. The molecule has 2 nitrogen and oxygen atoms in total. The summed E-state index contributed by atoms with van der Waals surface area (Å²) >= 11 is 6.14. The van der Waals surface area contributed by atoms with Crippen LogP contribution in [0, 0.1) is 13.8 Å². The first-order valence-corrected chi connectivity index (χ1v) is 8.23. The Labute approximate surface area is 147 Å². The lowest BCUT2D eigenvalue weighted by Gasteiger charge is -2.09. The number of benzene rings is 2. The molecule has 3 aromatic rings. The van der Waals surface area contributed by atoms with Gasteiger partial charge in [0, 0.05) is 16.8 Å². The molecule has 0 spiro atoms. The van der Waals surface area contributed by atoms with Crippen molar-refractivity contribution in [2.45, 2.75) is 13.8 Å². The number of aryl methyl sites for hydroxylation is 2. The van der Waals surface area contributed by atoms with Crippen molar-refractivity contribution in [2.75, 3.05) is 5.32 Å². The number of fused-ring (bicyclic) bond motifs is 1. The maximum absolute atomic E-state index is 6.14. The average Bonchev–Trinajstić information content (AvgIpc) is 2.56. The Morgan fingerprint density at radius 2 is 1.46 bits per heavy atom. The predicted octanol–water partition coefficient (Wildman–Crippen LogP) is 6.37. The molecular weight excluding hydrogens is 316 g/mol. The molecule has 0 bridgehead atoms. The van der Waals surface area contributed by atoms with Gasteiger partial charge in [-0.25, -0.2) is 4.98 Å². The number of anilines is 2. The summed E-state index contributed by atoms with van der Waals surface area (Å²) < 4.78 is 0. The monoisotopic (exact) mass is 334 g/mol. The molecule has 0 saturated carbocycles. The van der Waals surface area contributed by atoms with Crippen LogP contribution in [0.5, 0.6) is 0 Å². The molecule has 0 atom stereocenters. The van der Waals surface area contributed by atoms with Crippen LogP contribution in [0.3, 0.4) is 0 Å². The van der Waals surface area contributed by atoms with Gasteiger partial charge in [-0.05, 0) is 61.4 Å². The number of hydrogen-bond donors (Lipinski definition) is 1. The Bertz CT molecular complexity index is 934. The topological polar surface area (TPSA) is 24.9 Å². The zero-order valence-electron chi connectivity index (χ0n) is 13.8. The normalized spacial score (nSPS) is 10.3. The van der Waals surface area contributed by atoms with Crippen LogP contribution < -0.4 is 5.32 Å². The van der Waals surface area contributed by atoms with E-state index in [-0.39, 0.29) is 0 Å². The van der Waals surface area contributed by atoms with E-state index in [2.05, 4.69) is 48.4 Å². The molecule has 0 fully saturated rings. The van der Waals surface area contributed by atoms with Crippen molar-refractivity contribution < 1.29 is 0 Å². The van der Waals surface area contributed by atoms with E-state index in [1.807, 2.05) is 42.5 Å². The minimum atomic E-state index is 0.464. The Hall–Kier alpha value is -2.58. The molecule has 0 saturated heterocycles. The van der Waals surface area contributed by atoms with Crippen molar-refractivity contribution in [1.82, 2.24) is 4.98 Å². The van der Waals surface area contributed by atoms with E-state index in [0.717, 1.165) is 22.3 Å². The van der Waals surface area contributed by atoms with Crippen LogP contribution >= 0.6 is 11.6 Å². The third-order valence-corrected chi connectivity index (χ3v) is 4.10. The number of aromatic nitrogens is 1. The highest BCUT2D eigenvalue weighted by Gasteiger charge is 1.99. The van der Waals surface area contributed by atoms with Gasteiger partial charge in [0.25, 0.3) is 0 Å². The van der Waals surface area contributed by atoms with Crippen LogP contribution in [0.2, 0.25) is 5.15 Å². The van der Waals surface area contributed by atoms with Crippen LogP contribution in [0.1, 0.15) is 11.1 Å². The van der Waals surface area contributed by atoms with Gasteiger partial charge < -0.3 is 5.32 Å². The maximum Gasteiger partial charge on any atom is 0.129 e. The zero-order chi connectivity index (χ0) is 16.9. The lowest BCUT2D eigenvalue weighted by molar-refractivity contribution is 1.34. The standard InChI is InChI=1S/C21H19ClN2/c1-15-9-10-18(13-16(15)2)23-19-11-12-20-17(14-19)7-5-3-4-6-8-21(22)24-20/h3-14,23H,1-2H3. The molecule has 0 aliphatic heterocycles. The summed E-state index contributed by atoms with van der Waals surface area (Å²) in [7, 11) is 0. The van der Waals surface area contributed by atoms with Crippen LogP contribution in [-0.4, -0.2) is 4.98 Å². The number of hydrogen-bond acceptors (Lipinski definition) is 2. The van der Waals surface area contributed by atoms with Gasteiger partial charge in [0.2, 0.25) is 0 Å². The molecule has 1 N–H and O–H groups in total. The summed E-state index contributed by atoms with van der Waals surface area (Å²) in [6.45, 7) is 4.23. The summed E-state index contributed by atoms with van der Waals surface area (Å²) in [5.74, 6) is 0. The second kappa shape index (κ2) is 7.33. The van der Waals surface area contributed by atoms with Crippen molar-refractivity contribution in [3.8, 4) is 0 Å². The summed E-state index contributed by atoms with van der Waals surface area (Å²) in [4.78, 5) is 4.46. The highest BCUT2D eigenvalue weighted by atomic mass is 35.5. The summed E-state index contributed by atoms with van der Waals surface area (Å²) in [5, 5.41) is 4.93. The van der Waals surface area contributed by atoms with E-state index in [1.54, 1.807) is 6.07 Å². The maximum atomic E-state index is 6.14. The predicted molar refractivity (Wildman–Crippen MR) is 104 cm³/mol. The molecule has 24 heavy (non-hydrogen) atoms. The Morgan fingerprint density at radius 1 is 0.750 bits per heavy atom. The van der Waals surface area contributed by atoms with Gasteiger partial charge >= 0.3 is 0 Å². The minimum Gasteiger partial charge on any atom is -0.355 e. The first-order valence-electron chi connectivity index (χ1n) is 7.86. The first-order chi connectivity index (χ1) is 11.6. The van der Waals surface area contributed by atoms with Crippen LogP contribution in [0.25, 0.3) is 10.9 Å². The Balaban J connectivity index is 2.04. The zero-order valence-corrected chi connectivity index (χ0v) is 14.5. The summed E-state index contributed by atoms with van der Waals surface area (Å²) in [6, 6.07) is 24.0. The molecule has 1 heterocycles. The molecular formula is C21H19ClN2. The number of nitrogens with one attached hydrogen (secondary N) is 1. The van der Waals surface area contributed by atoms with Crippen molar-refractivity contribution in [1.29, 1.82) is 0 Å². The van der Waals surface area contributed by atoms with Gasteiger partial charge in [0.05, 0.1) is 5.52 Å². The first kappa shape index (κ1) is 16.3. The molecule has 0 amide bonds. The van der Waals surface area contributed by atoms with Crippen LogP contribution in [0.4, 0.5) is 11.4 Å². The molecule has 0 radical (unpaired) electrons. The van der Waals surface area contributed by atoms with Gasteiger partial charge in [0.1, 0.15) is 5.15 Å². The number of nitrogens with zero attached hydrogens (tertiary/aromatic N) is 1. The summed E-state index contributed by atoms with van der Waals surface area (Å²) in [5.41, 5.74) is 5.50. The molecule has 0 aliphatic carbocycles. The van der Waals surface area contributed by atoms with Crippen LogP contribution in [0.15, 0.2) is 72.8 Å². The molecule has 3 heteroatoms. The van der Waals surface area contributed by atoms with Crippen molar-refractivity contribution in [3.05, 3.63) is 89.1 Å². The lowest BCUT2D eigenvalue weighted by Crippen LogP contribution is -1.92. The fourth-order valence-corrected chi connectivity index (χ4v) is 2.59.